The van der Waals surface area contributed by atoms with Crippen LogP contribution < -0.4 is 19.7 Å². The highest BCUT2D eigenvalue weighted by molar-refractivity contribution is 7.80. The zero-order valence-electron chi connectivity index (χ0n) is 19.9. The van der Waals surface area contributed by atoms with Crippen molar-refractivity contribution in [2.24, 2.45) is 0 Å². The number of para-hydroxylation sites is 1. The second kappa shape index (κ2) is 10.5. The van der Waals surface area contributed by atoms with E-state index in [-0.39, 0.29) is 16.4 Å². The van der Waals surface area contributed by atoms with Gasteiger partial charge in [0, 0.05) is 17.6 Å². The van der Waals surface area contributed by atoms with Crippen LogP contribution in [0.4, 0.5) is 18.9 Å². The average Bonchev–Trinajstić information content (AvgIpc) is 3.36. The van der Waals surface area contributed by atoms with Crippen molar-refractivity contribution in [1.82, 2.24) is 9.88 Å². The highest BCUT2D eigenvalue weighted by Crippen LogP contribution is 2.28. The van der Waals surface area contributed by atoms with Gasteiger partial charge in [0.25, 0.3) is 11.8 Å². The molecule has 1 saturated heterocycles. The summed E-state index contributed by atoms with van der Waals surface area (Å²) >= 11 is 5.27. The molecule has 1 aromatic heterocycles. The van der Waals surface area contributed by atoms with Crippen molar-refractivity contribution >= 4 is 40.9 Å². The number of benzene rings is 3. The number of carbonyl (C=O) groups excluding carboxylic acids is 2. The van der Waals surface area contributed by atoms with Crippen LogP contribution in [0.3, 0.4) is 0 Å². The van der Waals surface area contributed by atoms with Gasteiger partial charge in [-0.3, -0.25) is 19.8 Å². The predicted molar refractivity (Wildman–Crippen MR) is 142 cm³/mol. The number of nitrogens with zero attached hydrogens (tertiary/aromatic N) is 2. The Labute approximate surface area is 225 Å². The third-order valence-corrected chi connectivity index (χ3v) is 5.88. The van der Waals surface area contributed by atoms with E-state index in [1.807, 2.05) is 30.3 Å². The Bertz CT molecular complexity index is 1560. The van der Waals surface area contributed by atoms with Crippen LogP contribution in [0.1, 0.15) is 5.69 Å². The van der Waals surface area contributed by atoms with E-state index < -0.39 is 18.2 Å². The molecule has 0 bridgehead atoms. The van der Waals surface area contributed by atoms with Gasteiger partial charge in [0.1, 0.15) is 22.8 Å². The molecule has 1 N–H and O–H groups in total. The van der Waals surface area contributed by atoms with Crippen LogP contribution in [-0.2, 0) is 9.59 Å². The maximum Gasteiger partial charge on any atom is 0.573 e. The highest BCUT2D eigenvalue weighted by atomic mass is 32.1. The van der Waals surface area contributed by atoms with Gasteiger partial charge in [0.05, 0.1) is 5.69 Å². The molecule has 0 radical (unpaired) electrons. The summed E-state index contributed by atoms with van der Waals surface area (Å²) in [6.45, 7) is 0. The van der Waals surface area contributed by atoms with Crippen LogP contribution in [0.25, 0.3) is 11.8 Å². The number of halogens is 3. The molecule has 39 heavy (non-hydrogen) atoms. The van der Waals surface area contributed by atoms with Crippen LogP contribution in [0.2, 0.25) is 0 Å². The van der Waals surface area contributed by atoms with E-state index in [2.05, 4.69) is 10.1 Å². The topological polar surface area (TPSA) is 72.8 Å². The first-order valence-electron chi connectivity index (χ1n) is 11.5. The Morgan fingerprint density at radius 3 is 2.05 bits per heavy atom. The third kappa shape index (κ3) is 5.83. The molecule has 11 heteroatoms. The number of alkyl halides is 3. The minimum absolute atomic E-state index is 0.0745. The Morgan fingerprint density at radius 2 is 1.38 bits per heavy atom. The van der Waals surface area contributed by atoms with Gasteiger partial charge in [-0.2, -0.15) is 0 Å². The van der Waals surface area contributed by atoms with Gasteiger partial charge < -0.3 is 14.0 Å². The third-order valence-electron chi connectivity index (χ3n) is 5.60. The van der Waals surface area contributed by atoms with E-state index in [0.29, 0.717) is 28.6 Å². The number of carbonyl (C=O) groups is 2. The maximum absolute atomic E-state index is 13.4. The molecular weight excluding hydrogens is 531 g/mol. The molecule has 0 saturated carbocycles. The van der Waals surface area contributed by atoms with Crippen molar-refractivity contribution in [3.8, 4) is 22.9 Å². The minimum atomic E-state index is -4.80. The minimum Gasteiger partial charge on any atom is -0.457 e. The number of hydrogen-bond acceptors (Lipinski definition) is 5. The summed E-state index contributed by atoms with van der Waals surface area (Å²) in [5.74, 6) is -0.485. The maximum atomic E-state index is 13.4. The van der Waals surface area contributed by atoms with Crippen LogP contribution in [0.15, 0.2) is 103 Å². The van der Waals surface area contributed by atoms with Crippen molar-refractivity contribution in [3.05, 3.63) is 108 Å². The lowest BCUT2D eigenvalue weighted by Gasteiger charge is -2.29. The lowest BCUT2D eigenvalue weighted by Crippen LogP contribution is -2.54. The van der Waals surface area contributed by atoms with Gasteiger partial charge in [-0.05, 0) is 91.1 Å². The Kier molecular flexibility index (Phi) is 6.90. The van der Waals surface area contributed by atoms with Crippen LogP contribution in [0, 0.1) is 0 Å². The lowest BCUT2D eigenvalue weighted by molar-refractivity contribution is -0.274. The summed E-state index contributed by atoms with van der Waals surface area (Å²) in [6, 6.07) is 24.3. The number of amides is 2. The predicted octanol–water partition coefficient (Wildman–Crippen LogP) is 6.00. The molecule has 1 aliphatic heterocycles. The lowest BCUT2D eigenvalue weighted by atomic mass is 10.1. The molecule has 7 nitrogen and oxygen atoms in total. The SMILES string of the molecule is O=C1NC(=S)N(c2ccc(Oc3ccccc3)cc2)C(=O)/C1=C/c1cccn1-c1ccc(OC(F)(F)F)cc1. The number of rotatable bonds is 6. The fourth-order valence-electron chi connectivity index (χ4n) is 3.88. The summed E-state index contributed by atoms with van der Waals surface area (Å²) in [5.41, 5.74) is 1.18. The molecule has 4 aromatic rings. The van der Waals surface area contributed by atoms with Crippen LogP contribution in [-0.4, -0.2) is 27.9 Å². The van der Waals surface area contributed by atoms with Crippen molar-refractivity contribution < 1.29 is 32.2 Å². The zero-order chi connectivity index (χ0) is 27.6. The van der Waals surface area contributed by atoms with Gasteiger partial charge in [0.15, 0.2) is 5.11 Å². The molecule has 0 aliphatic carbocycles. The number of anilines is 1. The van der Waals surface area contributed by atoms with E-state index in [9.17, 15) is 22.8 Å². The van der Waals surface area contributed by atoms with Gasteiger partial charge in [-0.25, -0.2) is 0 Å². The monoisotopic (exact) mass is 549 g/mol. The number of hydrogen-bond donors (Lipinski definition) is 1. The van der Waals surface area contributed by atoms with E-state index >= 15 is 0 Å². The zero-order valence-corrected chi connectivity index (χ0v) is 20.7. The molecule has 2 amide bonds. The average molecular weight is 550 g/mol. The van der Waals surface area contributed by atoms with E-state index in [1.165, 1.54) is 35.2 Å². The Hall–Kier alpha value is -4.90. The number of aromatic nitrogens is 1. The standard InChI is InChI=1S/C28H18F3N3O4S/c29-28(30,31)38-23-14-8-18(9-15-23)33-16-4-5-20(33)17-24-25(35)32-27(39)34(26(24)36)19-10-12-22(13-11-19)37-21-6-2-1-3-7-21/h1-17H,(H,32,35,39)/b24-17+. The molecule has 5 rings (SSSR count). The molecular formula is C28H18F3N3O4S. The van der Waals surface area contributed by atoms with E-state index in [1.54, 1.807) is 47.2 Å². The Morgan fingerprint density at radius 1 is 0.769 bits per heavy atom. The largest absolute Gasteiger partial charge is 0.573 e. The quantitative estimate of drug-likeness (QED) is 0.182. The second-order valence-corrected chi connectivity index (χ2v) is 8.60. The fourth-order valence-corrected chi connectivity index (χ4v) is 4.16. The molecule has 0 unspecified atom stereocenters. The Balaban J connectivity index is 1.39. The molecule has 0 spiro atoms. The first-order valence-corrected chi connectivity index (χ1v) is 11.9. The molecule has 196 valence electrons. The van der Waals surface area contributed by atoms with Crippen molar-refractivity contribution in [2.75, 3.05) is 4.90 Å². The van der Waals surface area contributed by atoms with Gasteiger partial charge in [0.2, 0.25) is 0 Å². The molecule has 0 atom stereocenters. The smallest absolute Gasteiger partial charge is 0.457 e. The van der Waals surface area contributed by atoms with Gasteiger partial charge in [-0.15, -0.1) is 13.2 Å². The summed E-state index contributed by atoms with van der Waals surface area (Å²) in [5, 5.41) is 2.45. The summed E-state index contributed by atoms with van der Waals surface area (Å²) in [6.07, 6.45) is -1.77. The van der Waals surface area contributed by atoms with Crippen molar-refractivity contribution in [2.45, 2.75) is 6.36 Å². The van der Waals surface area contributed by atoms with Crippen LogP contribution >= 0.6 is 12.2 Å². The summed E-state index contributed by atoms with van der Waals surface area (Å²) < 4.78 is 48.7. The van der Waals surface area contributed by atoms with Crippen molar-refractivity contribution in [3.63, 3.8) is 0 Å². The highest BCUT2D eigenvalue weighted by Gasteiger charge is 2.35. The van der Waals surface area contributed by atoms with Crippen molar-refractivity contribution in [1.29, 1.82) is 0 Å². The molecule has 1 aliphatic rings. The number of nitrogens with one attached hydrogen (secondary N) is 1. The van der Waals surface area contributed by atoms with E-state index in [0.717, 1.165) is 0 Å². The number of ether oxygens (including phenoxy) is 2. The molecule has 2 heterocycles. The summed E-state index contributed by atoms with van der Waals surface area (Å²) in [7, 11) is 0. The molecule has 1 fully saturated rings. The first kappa shape index (κ1) is 25.7. The normalized spacial score (nSPS) is 14.9. The van der Waals surface area contributed by atoms with Gasteiger partial charge >= 0.3 is 6.36 Å². The van der Waals surface area contributed by atoms with E-state index in [4.69, 9.17) is 17.0 Å². The first-order chi connectivity index (χ1) is 18.7. The summed E-state index contributed by atoms with van der Waals surface area (Å²) in [4.78, 5) is 27.4. The van der Waals surface area contributed by atoms with Gasteiger partial charge in [-0.1, -0.05) is 18.2 Å². The fraction of sp³-hybridized carbons (Fsp3) is 0.0357. The number of thiocarbonyl (C=S) groups is 1. The molecule has 3 aromatic carbocycles. The second-order valence-electron chi connectivity index (χ2n) is 8.21. The van der Waals surface area contributed by atoms with Crippen LogP contribution in [0.5, 0.6) is 17.2 Å².